The van der Waals surface area contributed by atoms with Crippen molar-refractivity contribution in [1.29, 1.82) is 10.5 Å². The number of anilines is 2. The summed E-state index contributed by atoms with van der Waals surface area (Å²) in [6, 6.07) is 22.1. The average Bonchev–Trinajstić information content (AvgIpc) is 3.15. The fourth-order valence-electron chi connectivity index (χ4n) is 3.98. The van der Waals surface area contributed by atoms with Gasteiger partial charge in [0.2, 0.25) is 0 Å². The average molecular weight is 396 g/mol. The fraction of sp³-hybridized carbons (Fsp3) is 0.292. The predicted molar refractivity (Wildman–Crippen MR) is 120 cm³/mol. The first-order chi connectivity index (χ1) is 14.7. The second-order valence-corrected chi connectivity index (χ2v) is 7.57. The molecule has 2 aliphatic heterocycles. The Balaban J connectivity index is 1.61. The molecule has 1 fully saturated rings. The van der Waals surface area contributed by atoms with Crippen molar-refractivity contribution in [2.24, 2.45) is 16.8 Å². The van der Waals surface area contributed by atoms with Gasteiger partial charge in [-0.3, -0.25) is 0 Å². The van der Waals surface area contributed by atoms with Gasteiger partial charge < -0.3 is 10.6 Å². The molecule has 2 aromatic rings. The molecule has 30 heavy (non-hydrogen) atoms. The number of piperidine rings is 1. The van der Waals surface area contributed by atoms with Gasteiger partial charge in [0.1, 0.15) is 18.2 Å². The van der Waals surface area contributed by atoms with Crippen LogP contribution in [0.5, 0.6) is 0 Å². The lowest BCUT2D eigenvalue weighted by molar-refractivity contribution is 0.578. The molecule has 0 aromatic heterocycles. The second kappa shape index (κ2) is 8.82. The SMILES string of the molecule is N#C/C(=C\c1ccc(N2CCCCC2)cc1)C1=NN(c2ccccc2)[C@@H](N)[C@H]1C#N. The van der Waals surface area contributed by atoms with E-state index in [1.165, 1.54) is 24.9 Å². The monoisotopic (exact) mass is 396 g/mol. The van der Waals surface area contributed by atoms with Crippen LogP contribution in [0.3, 0.4) is 0 Å². The highest BCUT2D eigenvalue weighted by molar-refractivity contribution is 6.11. The quantitative estimate of drug-likeness (QED) is 0.792. The maximum Gasteiger partial charge on any atom is 0.127 e. The van der Waals surface area contributed by atoms with E-state index in [1.807, 2.05) is 42.5 Å². The maximum atomic E-state index is 9.79. The summed E-state index contributed by atoms with van der Waals surface area (Å²) < 4.78 is 0. The summed E-state index contributed by atoms with van der Waals surface area (Å²) >= 11 is 0. The summed E-state index contributed by atoms with van der Waals surface area (Å²) in [6.45, 7) is 2.18. The first-order valence-electron chi connectivity index (χ1n) is 10.3. The molecule has 0 unspecified atom stereocenters. The van der Waals surface area contributed by atoms with E-state index in [-0.39, 0.29) is 0 Å². The van der Waals surface area contributed by atoms with Gasteiger partial charge in [-0.05, 0) is 55.2 Å². The Kier molecular flexibility index (Phi) is 5.79. The van der Waals surface area contributed by atoms with Crippen molar-refractivity contribution in [3.05, 3.63) is 65.7 Å². The number of hydrogen-bond donors (Lipinski definition) is 1. The molecule has 2 heterocycles. The molecule has 4 rings (SSSR count). The molecular weight excluding hydrogens is 372 g/mol. The van der Waals surface area contributed by atoms with E-state index in [0.717, 1.165) is 24.3 Å². The lowest BCUT2D eigenvalue weighted by Gasteiger charge is -2.28. The van der Waals surface area contributed by atoms with Gasteiger partial charge in [0.15, 0.2) is 0 Å². The molecular formula is C24H24N6. The summed E-state index contributed by atoms with van der Waals surface area (Å²) in [6.07, 6.45) is 4.91. The van der Waals surface area contributed by atoms with Gasteiger partial charge in [-0.2, -0.15) is 15.6 Å². The first kappa shape index (κ1) is 19.7. The number of nitrogens with two attached hydrogens (primary N) is 1. The minimum atomic E-state index is -0.677. The van der Waals surface area contributed by atoms with E-state index in [4.69, 9.17) is 5.73 Å². The molecule has 2 aromatic carbocycles. The lowest BCUT2D eigenvalue weighted by Crippen LogP contribution is -2.40. The molecule has 2 atom stereocenters. The van der Waals surface area contributed by atoms with Crippen molar-refractivity contribution < 1.29 is 0 Å². The van der Waals surface area contributed by atoms with Gasteiger partial charge in [0.25, 0.3) is 0 Å². The highest BCUT2D eigenvalue weighted by Gasteiger charge is 2.37. The van der Waals surface area contributed by atoms with Crippen LogP contribution in [-0.2, 0) is 0 Å². The number of para-hydroxylation sites is 1. The van der Waals surface area contributed by atoms with Gasteiger partial charge >= 0.3 is 0 Å². The predicted octanol–water partition coefficient (Wildman–Crippen LogP) is 3.88. The van der Waals surface area contributed by atoms with E-state index in [9.17, 15) is 10.5 Å². The number of benzene rings is 2. The van der Waals surface area contributed by atoms with Crippen LogP contribution >= 0.6 is 0 Å². The van der Waals surface area contributed by atoms with Gasteiger partial charge in [0, 0.05) is 18.8 Å². The number of nitrogens with zero attached hydrogens (tertiary/aromatic N) is 5. The van der Waals surface area contributed by atoms with Gasteiger partial charge in [-0.25, -0.2) is 5.01 Å². The molecule has 0 spiro atoms. The topological polar surface area (TPSA) is 92.4 Å². The summed E-state index contributed by atoms with van der Waals surface area (Å²) in [5.74, 6) is -0.677. The second-order valence-electron chi connectivity index (χ2n) is 7.57. The number of nitriles is 2. The van der Waals surface area contributed by atoms with Crippen molar-refractivity contribution in [2.45, 2.75) is 25.4 Å². The van der Waals surface area contributed by atoms with Crippen LogP contribution in [0, 0.1) is 28.6 Å². The number of rotatable bonds is 4. The third-order valence-corrected chi connectivity index (χ3v) is 5.62. The van der Waals surface area contributed by atoms with Crippen molar-refractivity contribution in [3.8, 4) is 12.1 Å². The largest absolute Gasteiger partial charge is 0.372 e. The van der Waals surface area contributed by atoms with Crippen molar-refractivity contribution >= 4 is 23.2 Å². The number of hydrogen-bond acceptors (Lipinski definition) is 6. The number of hydrazone groups is 1. The van der Waals surface area contributed by atoms with E-state index in [2.05, 4.69) is 34.3 Å². The van der Waals surface area contributed by atoms with Crippen LogP contribution in [0.15, 0.2) is 65.3 Å². The Morgan fingerprint density at radius 2 is 1.67 bits per heavy atom. The Bertz CT molecular complexity index is 1020. The fourth-order valence-corrected chi connectivity index (χ4v) is 3.98. The molecule has 0 saturated carbocycles. The minimum Gasteiger partial charge on any atom is -0.372 e. The van der Waals surface area contributed by atoms with Gasteiger partial charge in [0.05, 0.1) is 23.0 Å². The molecule has 0 bridgehead atoms. The standard InChI is InChI=1S/C24H24N6/c25-16-19(15-18-9-11-20(12-10-18)29-13-5-2-6-14-29)23-22(17-26)24(27)30(28-23)21-7-3-1-4-8-21/h1,3-4,7-12,15,22,24H,2,5-6,13-14,27H2/b19-15+/t22-,24+/m0/s1. The molecule has 6 heteroatoms. The minimum absolute atomic E-state index is 0.362. The summed E-state index contributed by atoms with van der Waals surface area (Å²) in [5.41, 5.74) is 9.97. The molecule has 2 N–H and O–H groups in total. The van der Waals surface area contributed by atoms with Crippen LogP contribution in [0.1, 0.15) is 24.8 Å². The highest BCUT2D eigenvalue weighted by atomic mass is 15.5. The summed E-state index contributed by atoms with van der Waals surface area (Å²) in [4.78, 5) is 2.39. The molecule has 0 aliphatic carbocycles. The molecule has 0 amide bonds. The molecule has 1 saturated heterocycles. The molecule has 6 nitrogen and oxygen atoms in total. The van der Waals surface area contributed by atoms with Crippen LogP contribution in [0.4, 0.5) is 11.4 Å². The summed E-state index contributed by atoms with van der Waals surface area (Å²) in [5, 5.41) is 25.6. The molecule has 0 radical (unpaired) electrons. The Hall–Kier alpha value is -3.61. The van der Waals surface area contributed by atoms with Crippen LogP contribution in [0.2, 0.25) is 0 Å². The van der Waals surface area contributed by atoms with Gasteiger partial charge in [-0.1, -0.05) is 30.3 Å². The molecule has 2 aliphatic rings. The first-order valence-corrected chi connectivity index (χ1v) is 10.3. The zero-order chi connectivity index (χ0) is 20.9. The van der Waals surface area contributed by atoms with E-state index in [0.29, 0.717) is 11.3 Å². The lowest BCUT2D eigenvalue weighted by atomic mass is 9.95. The number of allylic oxidation sites excluding steroid dienone is 1. The van der Waals surface area contributed by atoms with E-state index in [1.54, 1.807) is 11.1 Å². The van der Waals surface area contributed by atoms with Crippen LogP contribution < -0.4 is 15.6 Å². The smallest absolute Gasteiger partial charge is 0.127 e. The van der Waals surface area contributed by atoms with Crippen LogP contribution in [0.25, 0.3) is 6.08 Å². The van der Waals surface area contributed by atoms with Crippen molar-refractivity contribution in [1.82, 2.24) is 0 Å². The Morgan fingerprint density at radius 3 is 2.30 bits per heavy atom. The zero-order valence-corrected chi connectivity index (χ0v) is 16.8. The summed E-state index contributed by atoms with van der Waals surface area (Å²) in [7, 11) is 0. The Labute approximate surface area is 177 Å². The van der Waals surface area contributed by atoms with E-state index >= 15 is 0 Å². The van der Waals surface area contributed by atoms with Gasteiger partial charge in [-0.15, -0.1) is 0 Å². The zero-order valence-electron chi connectivity index (χ0n) is 16.8. The van der Waals surface area contributed by atoms with E-state index < -0.39 is 12.1 Å². The van der Waals surface area contributed by atoms with Crippen molar-refractivity contribution in [2.75, 3.05) is 23.0 Å². The van der Waals surface area contributed by atoms with Crippen molar-refractivity contribution in [3.63, 3.8) is 0 Å². The normalized spacial score (nSPS) is 21.7. The third-order valence-electron chi connectivity index (χ3n) is 5.62. The third kappa shape index (κ3) is 3.91. The Morgan fingerprint density at radius 1 is 0.967 bits per heavy atom. The molecule has 150 valence electrons. The highest BCUT2D eigenvalue weighted by Crippen LogP contribution is 2.29. The van der Waals surface area contributed by atoms with Crippen LogP contribution in [-0.4, -0.2) is 25.0 Å². The maximum absolute atomic E-state index is 9.79.